The van der Waals surface area contributed by atoms with Gasteiger partial charge in [-0.05, 0) is 35.2 Å². The smallest absolute Gasteiger partial charge is 0.253 e. The first-order chi connectivity index (χ1) is 12.6. The second-order valence-electron chi connectivity index (χ2n) is 6.80. The largest absolute Gasteiger partial charge is 0.356 e. The van der Waals surface area contributed by atoms with Crippen LogP contribution in [-0.4, -0.2) is 44.5 Å². The number of rotatable bonds is 5. The van der Waals surface area contributed by atoms with Gasteiger partial charge >= 0.3 is 0 Å². The fraction of sp³-hybridized carbons (Fsp3) is 0.333. The summed E-state index contributed by atoms with van der Waals surface area (Å²) in [5, 5.41) is 6.73. The van der Waals surface area contributed by atoms with Gasteiger partial charge in [-0.2, -0.15) is 0 Å². The molecule has 0 saturated heterocycles. The molecule has 1 aliphatic carbocycles. The number of aliphatic imine (C=N–C) groups is 1. The molecule has 2 aromatic carbocycles. The Hall–Kier alpha value is -2.82. The van der Waals surface area contributed by atoms with E-state index in [1.54, 1.807) is 26.0 Å². The van der Waals surface area contributed by atoms with Crippen molar-refractivity contribution in [2.24, 2.45) is 4.99 Å². The fourth-order valence-electron chi connectivity index (χ4n) is 3.19. The molecule has 0 bridgehead atoms. The van der Waals surface area contributed by atoms with Gasteiger partial charge < -0.3 is 15.5 Å². The Morgan fingerprint density at radius 2 is 1.85 bits per heavy atom. The standard InChI is InChI=1S/C21H26N4O/c1-22-21(24-14-18-12-17-6-4-5-7-19(17)18)23-13-15-8-10-16(11-9-15)20(26)25(2)3/h4-11,18H,12-14H2,1-3H3,(H2,22,23,24). The third-order valence-corrected chi connectivity index (χ3v) is 4.77. The Balaban J connectivity index is 1.48. The second-order valence-corrected chi connectivity index (χ2v) is 6.80. The van der Waals surface area contributed by atoms with E-state index in [1.807, 2.05) is 24.3 Å². The second kappa shape index (κ2) is 8.04. The van der Waals surface area contributed by atoms with Crippen molar-refractivity contribution >= 4 is 11.9 Å². The summed E-state index contributed by atoms with van der Waals surface area (Å²) in [5.74, 6) is 1.37. The minimum absolute atomic E-state index is 0.0164. The fourth-order valence-corrected chi connectivity index (χ4v) is 3.19. The van der Waals surface area contributed by atoms with Crippen LogP contribution in [0.15, 0.2) is 53.5 Å². The van der Waals surface area contributed by atoms with Gasteiger partial charge in [-0.25, -0.2) is 0 Å². The minimum Gasteiger partial charge on any atom is -0.356 e. The maximum absolute atomic E-state index is 11.9. The van der Waals surface area contributed by atoms with Crippen LogP contribution in [0.1, 0.15) is 33.0 Å². The summed E-state index contributed by atoms with van der Waals surface area (Å²) in [6.45, 7) is 1.55. The molecule has 2 N–H and O–H groups in total. The van der Waals surface area contributed by atoms with E-state index in [0.29, 0.717) is 18.0 Å². The SMILES string of the molecule is CN=C(NCc1ccc(C(=O)N(C)C)cc1)NCC1Cc2ccccc21. The van der Waals surface area contributed by atoms with Crippen LogP contribution in [0.3, 0.4) is 0 Å². The lowest BCUT2D eigenvalue weighted by molar-refractivity contribution is 0.0827. The zero-order valence-electron chi connectivity index (χ0n) is 15.6. The zero-order chi connectivity index (χ0) is 18.5. The van der Waals surface area contributed by atoms with Gasteiger partial charge in [0.1, 0.15) is 0 Å². The van der Waals surface area contributed by atoms with Gasteiger partial charge in [0.15, 0.2) is 5.96 Å². The van der Waals surface area contributed by atoms with Crippen molar-refractivity contribution in [2.45, 2.75) is 18.9 Å². The average molecular weight is 350 g/mol. The van der Waals surface area contributed by atoms with Crippen LogP contribution >= 0.6 is 0 Å². The number of carbonyl (C=O) groups is 1. The van der Waals surface area contributed by atoms with Crippen molar-refractivity contribution in [3.8, 4) is 0 Å². The van der Waals surface area contributed by atoms with Crippen molar-refractivity contribution in [3.05, 3.63) is 70.8 Å². The number of guanidine groups is 1. The number of nitrogens with zero attached hydrogens (tertiary/aromatic N) is 2. The summed E-state index contributed by atoms with van der Waals surface area (Å²) in [6.07, 6.45) is 1.13. The summed E-state index contributed by atoms with van der Waals surface area (Å²) in [4.78, 5) is 17.8. The number of amides is 1. The third-order valence-electron chi connectivity index (χ3n) is 4.77. The van der Waals surface area contributed by atoms with Gasteiger partial charge in [-0.3, -0.25) is 9.79 Å². The van der Waals surface area contributed by atoms with Crippen LogP contribution in [0.4, 0.5) is 0 Å². The third kappa shape index (κ3) is 4.04. The number of benzene rings is 2. The highest BCUT2D eigenvalue weighted by atomic mass is 16.2. The lowest BCUT2D eigenvalue weighted by Gasteiger charge is -2.30. The molecular formula is C21H26N4O. The Labute approximate surface area is 155 Å². The molecule has 1 aliphatic rings. The van der Waals surface area contributed by atoms with E-state index in [1.165, 1.54) is 11.1 Å². The molecule has 0 spiro atoms. The van der Waals surface area contributed by atoms with Crippen molar-refractivity contribution in [2.75, 3.05) is 27.7 Å². The summed E-state index contributed by atoms with van der Waals surface area (Å²) < 4.78 is 0. The highest BCUT2D eigenvalue weighted by Crippen LogP contribution is 2.33. The highest BCUT2D eigenvalue weighted by Gasteiger charge is 2.25. The summed E-state index contributed by atoms with van der Waals surface area (Å²) in [7, 11) is 5.30. The van der Waals surface area contributed by atoms with E-state index in [9.17, 15) is 4.79 Å². The molecular weight excluding hydrogens is 324 g/mol. The molecule has 1 atom stereocenters. The van der Waals surface area contributed by atoms with E-state index in [4.69, 9.17) is 0 Å². The Bertz CT molecular complexity index is 796. The maximum atomic E-state index is 11.9. The first-order valence-corrected chi connectivity index (χ1v) is 8.91. The van der Waals surface area contributed by atoms with Gasteiger partial charge in [0, 0.05) is 45.7 Å². The molecule has 0 radical (unpaired) electrons. The number of hydrogen-bond donors (Lipinski definition) is 2. The molecule has 0 saturated carbocycles. The first kappa shape index (κ1) is 18.0. The van der Waals surface area contributed by atoms with E-state index in [2.05, 4.69) is 39.9 Å². The highest BCUT2D eigenvalue weighted by molar-refractivity contribution is 5.93. The molecule has 1 amide bonds. The normalized spacial score (nSPS) is 15.7. The van der Waals surface area contributed by atoms with Crippen LogP contribution in [0.25, 0.3) is 0 Å². The van der Waals surface area contributed by atoms with E-state index in [0.717, 1.165) is 24.5 Å². The predicted octanol–water partition coefficient (Wildman–Crippen LogP) is 2.39. The van der Waals surface area contributed by atoms with Gasteiger partial charge in [0.2, 0.25) is 0 Å². The summed E-state index contributed by atoms with van der Waals surface area (Å²) in [6, 6.07) is 16.3. The topological polar surface area (TPSA) is 56.7 Å². The van der Waals surface area contributed by atoms with Crippen LogP contribution in [-0.2, 0) is 13.0 Å². The molecule has 0 fully saturated rings. The van der Waals surface area contributed by atoms with E-state index < -0.39 is 0 Å². The first-order valence-electron chi connectivity index (χ1n) is 8.91. The number of carbonyl (C=O) groups excluding carboxylic acids is 1. The number of nitrogens with one attached hydrogen (secondary N) is 2. The molecule has 1 unspecified atom stereocenters. The molecule has 2 aromatic rings. The Morgan fingerprint density at radius 1 is 1.12 bits per heavy atom. The van der Waals surface area contributed by atoms with Gasteiger partial charge in [0.25, 0.3) is 5.91 Å². The van der Waals surface area contributed by atoms with Crippen molar-refractivity contribution in [1.82, 2.24) is 15.5 Å². The minimum atomic E-state index is 0.0164. The quantitative estimate of drug-likeness (QED) is 0.643. The molecule has 0 heterocycles. The van der Waals surface area contributed by atoms with Gasteiger partial charge in [-0.15, -0.1) is 0 Å². The Morgan fingerprint density at radius 3 is 2.50 bits per heavy atom. The molecule has 5 nitrogen and oxygen atoms in total. The van der Waals surface area contributed by atoms with Crippen LogP contribution in [0, 0.1) is 0 Å². The lowest BCUT2D eigenvalue weighted by atomic mass is 9.78. The molecule has 136 valence electrons. The van der Waals surface area contributed by atoms with Gasteiger partial charge in [-0.1, -0.05) is 36.4 Å². The van der Waals surface area contributed by atoms with Crippen molar-refractivity contribution in [1.29, 1.82) is 0 Å². The van der Waals surface area contributed by atoms with Crippen molar-refractivity contribution in [3.63, 3.8) is 0 Å². The molecule has 0 aromatic heterocycles. The Kier molecular flexibility index (Phi) is 5.56. The van der Waals surface area contributed by atoms with Crippen LogP contribution in [0.2, 0.25) is 0 Å². The molecule has 3 rings (SSSR count). The molecule has 0 aliphatic heterocycles. The van der Waals surface area contributed by atoms with Crippen molar-refractivity contribution < 1.29 is 4.79 Å². The summed E-state index contributed by atoms with van der Waals surface area (Å²) >= 11 is 0. The lowest BCUT2D eigenvalue weighted by Crippen LogP contribution is -2.40. The molecule has 26 heavy (non-hydrogen) atoms. The van der Waals surface area contributed by atoms with E-state index >= 15 is 0 Å². The predicted molar refractivity (Wildman–Crippen MR) is 106 cm³/mol. The number of hydrogen-bond acceptors (Lipinski definition) is 2. The maximum Gasteiger partial charge on any atom is 0.253 e. The number of fused-ring (bicyclic) bond motifs is 1. The van der Waals surface area contributed by atoms with E-state index in [-0.39, 0.29) is 5.91 Å². The monoisotopic (exact) mass is 350 g/mol. The summed E-state index contributed by atoms with van der Waals surface area (Å²) in [5.41, 5.74) is 4.70. The average Bonchev–Trinajstić information content (AvgIpc) is 2.64. The molecule has 5 heteroatoms. The zero-order valence-corrected chi connectivity index (χ0v) is 15.6. The van der Waals surface area contributed by atoms with Gasteiger partial charge in [0.05, 0.1) is 0 Å². The van der Waals surface area contributed by atoms with Crippen LogP contribution < -0.4 is 10.6 Å². The van der Waals surface area contributed by atoms with Crippen LogP contribution in [0.5, 0.6) is 0 Å².